The van der Waals surface area contributed by atoms with Crippen molar-refractivity contribution in [3.8, 4) is 5.75 Å². The lowest BCUT2D eigenvalue weighted by Gasteiger charge is -2.29. The van der Waals surface area contributed by atoms with Crippen LogP contribution in [0.1, 0.15) is 25.0 Å². The van der Waals surface area contributed by atoms with E-state index in [4.69, 9.17) is 10.5 Å². The summed E-state index contributed by atoms with van der Waals surface area (Å²) in [6.07, 6.45) is 1.01. The van der Waals surface area contributed by atoms with Gasteiger partial charge in [0.25, 0.3) is 0 Å². The lowest BCUT2D eigenvalue weighted by Crippen LogP contribution is -2.36. The Morgan fingerprint density at radius 1 is 1.40 bits per heavy atom. The van der Waals surface area contributed by atoms with Gasteiger partial charge in [-0.2, -0.15) is 0 Å². The molecule has 2 N–H and O–H groups in total. The Morgan fingerprint density at radius 3 is 2.75 bits per heavy atom. The molecule has 3 nitrogen and oxygen atoms in total. The van der Waals surface area contributed by atoms with Gasteiger partial charge in [-0.15, -0.1) is 12.4 Å². The van der Waals surface area contributed by atoms with Gasteiger partial charge in [-0.05, 0) is 36.7 Å². The maximum atomic E-state index is 5.80. The quantitative estimate of drug-likeness (QED) is 0.873. The smallest absolute Gasteiger partial charge is 0.127 e. The second-order valence-corrected chi connectivity index (χ2v) is 7.11. The van der Waals surface area contributed by atoms with Crippen molar-refractivity contribution in [3.05, 3.63) is 27.7 Å². The van der Waals surface area contributed by atoms with Gasteiger partial charge in [0.2, 0.25) is 0 Å². The molecule has 0 amide bonds. The summed E-state index contributed by atoms with van der Waals surface area (Å²) in [6.45, 7) is 7.77. The average Bonchev–Trinajstić information content (AvgIpc) is 2.76. The minimum atomic E-state index is 0. The van der Waals surface area contributed by atoms with Crippen molar-refractivity contribution < 1.29 is 4.74 Å². The van der Waals surface area contributed by atoms with E-state index in [-0.39, 0.29) is 17.8 Å². The number of hydrogen-bond donors (Lipinski definition) is 1. The molecule has 0 atom stereocenters. The van der Waals surface area contributed by atoms with Gasteiger partial charge >= 0.3 is 0 Å². The second-order valence-electron chi connectivity index (χ2n) is 6.19. The number of fused-ring (bicyclic) bond motifs is 1. The molecule has 2 rings (SSSR count). The fraction of sp³-hybridized carbons (Fsp3) is 0.600. The van der Waals surface area contributed by atoms with E-state index in [1.54, 1.807) is 0 Å². The van der Waals surface area contributed by atoms with Crippen LogP contribution in [-0.4, -0.2) is 31.6 Å². The van der Waals surface area contributed by atoms with Crippen LogP contribution in [0.25, 0.3) is 0 Å². The number of nitrogens with zero attached hydrogens (tertiary/aromatic N) is 1. The Bertz CT molecular complexity index is 465. The van der Waals surface area contributed by atoms with Crippen LogP contribution < -0.4 is 10.5 Å². The minimum Gasteiger partial charge on any atom is -0.493 e. The predicted octanol–water partition coefficient (Wildman–Crippen LogP) is 3.22. The molecule has 0 fully saturated rings. The van der Waals surface area contributed by atoms with Crippen molar-refractivity contribution >= 4 is 28.3 Å². The highest BCUT2D eigenvalue weighted by Crippen LogP contribution is 2.33. The van der Waals surface area contributed by atoms with E-state index >= 15 is 0 Å². The summed E-state index contributed by atoms with van der Waals surface area (Å²) in [5.41, 5.74) is 8.52. The Balaban J connectivity index is 0.00000200. The maximum absolute atomic E-state index is 5.80. The summed E-state index contributed by atoms with van der Waals surface area (Å²) in [7, 11) is 2.14. The largest absolute Gasteiger partial charge is 0.493 e. The van der Waals surface area contributed by atoms with E-state index in [1.807, 2.05) is 0 Å². The Kier molecular flexibility index (Phi) is 6.32. The SMILES string of the molecule is CN(Cc1cc(Br)cc2c1OCC2)CC(C)(C)CN.Cl. The summed E-state index contributed by atoms with van der Waals surface area (Å²) in [5, 5.41) is 0. The van der Waals surface area contributed by atoms with E-state index < -0.39 is 0 Å². The van der Waals surface area contributed by atoms with Crippen molar-refractivity contribution in [1.82, 2.24) is 4.90 Å². The highest BCUT2D eigenvalue weighted by Gasteiger charge is 2.21. The van der Waals surface area contributed by atoms with E-state index in [9.17, 15) is 0 Å². The number of ether oxygens (including phenoxy) is 1. The monoisotopic (exact) mass is 362 g/mol. The van der Waals surface area contributed by atoms with Crippen LogP contribution in [-0.2, 0) is 13.0 Å². The lowest BCUT2D eigenvalue weighted by atomic mass is 9.93. The summed E-state index contributed by atoms with van der Waals surface area (Å²) in [6, 6.07) is 4.33. The highest BCUT2D eigenvalue weighted by molar-refractivity contribution is 9.10. The van der Waals surface area contributed by atoms with Crippen LogP contribution in [0.15, 0.2) is 16.6 Å². The molecular weight excluding hydrogens is 340 g/mol. The van der Waals surface area contributed by atoms with E-state index in [0.29, 0.717) is 6.54 Å². The van der Waals surface area contributed by atoms with Gasteiger partial charge in [-0.1, -0.05) is 29.8 Å². The summed E-state index contributed by atoms with van der Waals surface area (Å²) in [5.74, 6) is 1.08. The first-order chi connectivity index (χ1) is 8.91. The Morgan fingerprint density at radius 2 is 2.10 bits per heavy atom. The van der Waals surface area contributed by atoms with Crippen LogP contribution in [0.2, 0.25) is 0 Å². The molecule has 20 heavy (non-hydrogen) atoms. The third-order valence-corrected chi connectivity index (χ3v) is 3.97. The molecule has 0 saturated heterocycles. The van der Waals surface area contributed by atoms with Crippen LogP contribution in [0, 0.1) is 5.41 Å². The van der Waals surface area contributed by atoms with Crippen LogP contribution in [0.4, 0.5) is 0 Å². The topological polar surface area (TPSA) is 38.5 Å². The molecule has 0 saturated carbocycles. The van der Waals surface area contributed by atoms with Gasteiger partial charge in [0.1, 0.15) is 5.75 Å². The zero-order chi connectivity index (χ0) is 14.0. The molecule has 1 heterocycles. The standard InChI is InChI=1S/C15H23BrN2O.ClH/c1-15(2,9-17)10-18(3)8-12-7-13(16)6-11-4-5-19-14(11)12;/h6-7H,4-5,8-10,17H2,1-3H3;1H. The third-order valence-electron chi connectivity index (χ3n) is 3.52. The van der Waals surface area contributed by atoms with Gasteiger partial charge in [0, 0.05) is 29.5 Å². The molecule has 0 aliphatic carbocycles. The maximum Gasteiger partial charge on any atom is 0.127 e. The number of rotatable bonds is 5. The first-order valence-electron chi connectivity index (χ1n) is 6.74. The fourth-order valence-corrected chi connectivity index (χ4v) is 3.16. The molecule has 5 heteroatoms. The molecule has 0 spiro atoms. The number of benzene rings is 1. The van der Waals surface area contributed by atoms with E-state index in [2.05, 4.69) is 53.9 Å². The molecular formula is C15H24BrClN2O. The Hall–Kier alpha value is -0.290. The van der Waals surface area contributed by atoms with Crippen molar-refractivity contribution in [3.63, 3.8) is 0 Å². The first kappa shape index (κ1) is 17.8. The van der Waals surface area contributed by atoms with Gasteiger partial charge < -0.3 is 15.4 Å². The van der Waals surface area contributed by atoms with Gasteiger partial charge in [0.15, 0.2) is 0 Å². The zero-order valence-corrected chi connectivity index (χ0v) is 14.8. The Labute approximate surface area is 136 Å². The van der Waals surface area contributed by atoms with Crippen molar-refractivity contribution in [2.24, 2.45) is 11.1 Å². The van der Waals surface area contributed by atoms with Gasteiger partial charge in [-0.25, -0.2) is 0 Å². The predicted molar refractivity (Wildman–Crippen MR) is 89.8 cm³/mol. The zero-order valence-electron chi connectivity index (χ0n) is 12.4. The molecule has 114 valence electrons. The van der Waals surface area contributed by atoms with Crippen molar-refractivity contribution in [2.75, 3.05) is 26.7 Å². The highest BCUT2D eigenvalue weighted by atomic mass is 79.9. The second kappa shape index (κ2) is 7.12. The van der Waals surface area contributed by atoms with Crippen LogP contribution >= 0.6 is 28.3 Å². The average molecular weight is 364 g/mol. The van der Waals surface area contributed by atoms with E-state index in [1.165, 1.54) is 11.1 Å². The summed E-state index contributed by atoms with van der Waals surface area (Å²) < 4.78 is 6.91. The molecule has 0 bridgehead atoms. The fourth-order valence-electron chi connectivity index (χ4n) is 2.61. The number of halogens is 2. The van der Waals surface area contributed by atoms with E-state index in [0.717, 1.165) is 36.3 Å². The summed E-state index contributed by atoms with van der Waals surface area (Å²) in [4.78, 5) is 2.32. The molecule has 1 aliphatic heterocycles. The normalized spacial score (nSPS) is 13.9. The van der Waals surface area contributed by atoms with Gasteiger partial charge in [0.05, 0.1) is 6.61 Å². The molecule has 1 aromatic rings. The first-order valence-corrected chi connectivity index (χ1v) is 7.53. The van der Waals surface area contributed by atoms with Crippen molar-refractivity contribution in [2.45, 2.75) is 26.8 Å². The molecule has 1 aromatic carbocycles. The van der Waals surface area contributed by atoms with Crippen LogP contribution in [0.5, 0.6) is 5.75 Å². The molecule has 0 radical (unpaired) electrons. The van der Waals surface area contributed by atoms with Gasteiger partial charge in [-0.3, -0.25) is 0 Å². The number of nitrogens with two attached hydrogens (primary N) is 1. The molecule has 0 aromatic heterocycles. The molecule has 0 unspecified atom stereocenters. The van der Waals surface area contributed by atoms with Crippen LogP contribution in [0.3, 0.4) is 0 Å². The third kappa shape index (κ3) is 4.35. The number of hydrogen-bond acceptors (Lipinski definition) is 3. The minimum absolute atomic E-state index is 0. The summed E-state index contributed by atoms with van der Waals surface area (Å²) >= 11 is 3.59. The molecule has 1 aliphatic rings. The lowest BCUT2D eigenvalue weighted by molar-refractivity contribution is 0.207. The van der Waals surface area contributed by atoms with Crippen molar-refractivity contribution in [1.29, 1.82) is 0 Å².